The summed E-state index contributed by atoms with van der Waals surface area (Å²) in [7, 11) is 0. The zero-order valence-electron chi connectivity index (χ0n) is 11.1. The lowest BCUT2D eigenvalue weighted by Crippen LogP contribution is -2.19. The fourth-order valence-corrected chi connectivity index (χ4v) is 2.33. The summed E-state index contributed by atoms with van der Waals surface area (Å²) in [6.07, 6.45) is 4.58. The predicted octanol–water partition coefficient (Wildman–Crippen LogP) is 3.30. The van der Waals surface area contributed by atoms with E-state index in [-0.39, 0.29) is 11.9 Å². The van der Waals surface area contributed by atoms with Crippen LogP contribution in [0.15, 0.2) is 30.3 Å². The monoisotopic (exact) mass is 255 g/mol. The summed E-state index contributed by atoms with van der Waals surface area (Å²) in [6, 6.07) is 9.70. The maximum Gasteiger partial charge on any atom is 0.309 e. The van der Waals surface area contributed by atoms with Gasteiger partial charge in [0, 0.05) is 0 Å². The molecule has 2 rings (SSSR count). The molecule has 0 amide bonds. The van der Waals surface area contributed by atoms with E-state index in [0.717, 1.165) is 24.8 Å². The van der Waals surface area contributed by atoms with E-state index in [1.165, 1.54) is 5.57 Å². The number of carbonyl (C=O) groups excluding carboxylic acids is 1. The van der Waals surface area contributed by atoms with Gasteiger partial charge in [0.15, 0.2) is 0 Å². The third-order valence-electron chi connectivity index (χ3n) is 3.42. The summed E-state index contributed by atoms with van der Waals surface area (Å²) in [6.45, 7) is 2.28. The molecule has 0 N–H and O–H groups in total. The van der Waals surface area contributed by atoms with E-state index in [4.69, 9.17) is 10.00 Å². The van der Waals surface area contributed by atoms with Crippen LogP contribution in [-0.4, -0.2) is 12.6 Å². The Bertz CT molecular complexity index is 523. The number of nitrogens with zero attached hydrogens (tertiary/aromatic N) is 1. The number of nitriles is 1. The number of carbonyl (C=O) groups is 1. The van der Waals surface area contributed by atoms with Crippen LogP contribution < -0.4 is 0 Å². The fourth-order valence-electron chi connectivity index (χ4n) is 2.33. The van der Waals surface area contributed by atoms with Gasteiger partial charge in [-0.05, 0) is 49.5 Å². The van der Waals surface area contributed by atoms with E-state index in [0.29, 0.717) is 12.2 Å². The Balaban J connectivity index is 2.04. The van der Waals surface area contributed by atoms with E-state index in [9.17, 15) is 4.79 Å². The molecule has 0 aliphatic heterocycles. The second-order valence-electron chi connectivity index (χ2n) is 4.64. The Morgan fingerprint density at radius 3 is 2.68 bits per heavy atom. The van der Waals surface area contributed by atoms with Crippen molar-refractivity contribution in [1.82, 2.24) is 0 Å². The number of hydrogen-bond acceptors (Lipinski definition) is 3. The van der Waals surface area contributed by atoms with E-state index >= 15 is 0 Å². The Hall–Kier alpha value is -2.08. The Kier molecular flexibility index (Phi) is 4.35. The van der Waals surface area contributed by atoms with Gasteiger partial charge in [-0.3, -0.25) is 4.79 Å². The van der Waals surface area contributed by atoms with Gasteiger partial charge in [0.05, 0.1) is 24.2 Å². The molecule has 0 saturated heterocycles. The lowest BCUT2D eigenvalue weighted by Gasteiger charge is -2.20. The first-order valence-corrected chi connectivity index (χ1v) is 6.60. The van der Waals surface area contributed by atoms with E-state index in [1.807, 2.05) is 31.2 Å². The summed E-state index contributed by atoms with van der Waals surface area (Å²) in [5.41, 5.74) is 3.07. The smallest absolute Gasteiger partial charge is 0.309 e. The predicted molar refractivity (Wildman–Crippen MR) is 73.1 cm³/mol. The summed E-state index contributed by atoms with van der Waals surface area (Å²) < 4.78 is 5.05. The zero-order valence-corrected chi connectivity index (χ0v) is 11.1. The Morgan fingerprint density at radius 2 is 2.16 bits per heavy atom. The largest absolute Gasteiger partial charge is 0.466 e. The highest BCUT2D eigenvalue weighted by molar-refractivity contribution is 5.75. The molecular formula is C16H17NO2. The van der Waals surface area contributed by atoms with Crippen LogP contribution in [0.2, 0.25) is 0 Å². The van der Waals surface area contributed by atoms with Crippen molar-refractivity contribution in [2.45, 2.75) is 26.2 Å². The normalized spacial score (nSPS) is 18.3. The van der Waals surface area contributed by atoms with Gasteiger partial charge in [-0.25, -0.2) is 0 Å². The first-order valence-electron chi connectivity index (χ1n) is 6.60. The molecule has 0 bridgehead atoms. The van der Waals surface area contributed by atoms with Gasteiger partial charge in [0.25, 0.3) is 0 Å². The standard InChI is InChI=1S/C16H17NO2/c1-2-19-16(18)15-9-7-14(8-10-15)13-5-3-12(11-17)4-6-13/h3-7,15H,2,8-10H2,1H3. The molecule has 0 heterocycles. The zero-order chi connectivity index (χ0) is 13.7. The molecule has 1 aliphatic rings. The molecule has 0 saturated carbocycles. The highest BCUT2D eigenvalue weighted by atomic mass is 16.5. The third-order valence-corrected chi connectivity index (χ3v) is 3.42. The lowest BCUT2D eigenvalue weighted by atomic mass is 9.86. The topological polar surface area (TPSA) is 50.1 Å². The van der Waals surface area contributed by atoms with Crippen LogP contribution in [0.3, 0.4) is 0 Å². The molecule has 1 unspecified atom stereocenters. The fraction of sp³-hybridized carbons (Fsp3) is 0.375. The lowest BCUT2D eigenvalue weighted by molar-refractivity contribution is -0.148. The van der Waals surface area contributed by atoms with Crippen molar-refractivity contribution in [3.63, 3.8) is 0 Å². The molecule has 0 spiro atoms. The second kappa shape index (κ2) is 6.19. The number of rotatable bonds is 3. The van der Waals surface area contributed by atoms with Crippen LogP contribution in [0.1, 0.15) is 37.3 Å². The summed E-state index contributed by atoms with van der Waals surface area (Å²) in [5, 5.41) is 8.77. The highest BCUT2D eigenvalue weighted by Crippen LogP contribution is 2.30. The van der Waals surface area contributed by atoms with E-state index in [2.05, 4.69) is 12.1 Å². The molecule has 1 atom stereocenters. The molecule has 0 radical (unpaired) electrons. The van der Waals surface area contributed by atoms with Crippen LogP contribution in [-0.2, 0) is 9.53 Å². The molecule has 1 aliphatic carbocycles. The molecule has 19 heavy (non-hydrogen) atoms. The highest BCUT2D eigenvalue weighted by Gasteiger charge is 2.22. The summed E-state index contributed by atoms with van der Waals surface area (Å²) >= 11 is 0. The van der Waals surface area contributed by atoms with Crippen LogP contribution in [0, 0.1) is 17.2 Å². The van der Waals surface area contributed by atoms with Crippen molar-refractivity contribution >= 4 is 11.5 Å². The average Bonchev–Trinajstić information content (AvgIpc) is 2.48. The second-order valence-corrected chi connectivity index (χ2v) is 4.64. The number of ether oxygens (including phenoxy) is 1. The first kappa shape index (κ1) is 13.4. The SMILES string of the molecule is CCOC(=O)C1CC=C(c2ccc(C#N)cc2)CC1. The van der Waals surface area contributed by atoms with Gasteiger partial charge in [0.1, 0.15) is 0 Å². The van der Waals surface area contributed by atoms with Gasteiger partial charge < -0.3 is 4.74 Å². The quantitative estimate of drug-likeness (QED) is 0.778. The summed E-state index contributed by atoms with van der Waals surface area (Å²) in [5.74, 6) is -0.0836. The van der Waals surface area contributed by atoms with Gasteiger partial charge in [-0.15, -0.1) is 0 Å². The number of allylic oxidation sites excluding steroid dienone is 2. The first-order chi connectivity index (χ1) is 9.24. The molecule has 3 nitrogen and oxygen atoms in total. The molecular weight excluding hydrogens is 238 g/mol. The number of benzene rings is 1. The van der Waals surface area contributed by atoms with Gasteiger partial charge >= 0.3 is 5.97 Å². The van der Waals surface area contributed by atoms with Crippen molar-refractivity contribution in [2.75, 3.05) is 6.61 Å². The van der Waals surface area contributed by atoms with Gasteiger partial charge in [-0.1, -0.05) is 18.2 Å². The minimum absolute atomic E-state index is 0.00193. The molecule has 1 aromatic carbocycles. The van der Waals surface area contributed by atoms with Crippen molar-refractivity contribution < 1.29 is 9.53 Å². The Labute approximate surface area is 113 Å². The van der Waals surface area contributed by atoms with Crippen molar-refractivity contribution in [1.29, 1.82) is 5.26 Å². The number of hydrogen-bond donors (Lipinski definition) is 0. The molecule has 3 heteroatoms. The van der Waals surface area contributed by atoms with Crippen molar-refractivity contribution in [3.8, 4) is 6.07 Å². The van der Waals surface area contributed by atoms with Crippen LogP contribution >= 0.6 is 0 Å². The van der Waals surface area contributed by atoms with Crippen LogP contribution in [0.4, 0.5) is 0 Å². The van der Waals surface area contributed by atoms with E-state index in [1.54, 1.807) is 0 Å². The molecule has 1 aromatic rings. The van der Waals surface area contributed by atoms with Crippen molar-refractivity contribution in [2.24, 2.45) is 5.92 Å². The maximum atomic E-state index is 11.6. The van der Waals surface area contributed by atoms with E-state index < -0.39 is 0 Å². The average molecular weight is 255 g/mol. The Morgan fingerprint density at radius 1 is 1.42 bits per heavy atom. The van der Waals surface area contributed by atoms with Gasteiger partial charge in [0.2, 0.25) is 0 Å². The van der Waals surface area contributed by atoms with Gasteiger partial charge in [-0.2, -0.15) is 5.26 Å². The minimum Gasteiger partial charge on any atom is -0.466 e. The summed E-state index contributed by atoms with van der Waals surface area (Å²) in [4.78, 5) is 11.6. The van der Waals surface area contributed by atoms with Crippen molar-refractivity contribution in [3.05, 3.63) is 41.5 Å². The molecule has 98 valence electrons. The van der Waals surface area contributed by atoms with Crippen LogP contribution in [0.5, 0.6) is 0 Å². The third kappa shape index (κ3) is 3.23. The van der Waals surface area contributed by atoms with Crippen LogP contribution in [0.25, 0.3) is 5.57 Å². The number of esters is 1. The minimum atomic E-state index is -0.0855. The molecule has 0 fully saturated rings. The molecule has 0 aromatic heterocycles. The maximum absolute atomic E-state index is 11.6.